The van der Waals surface area contributed by atoms with E-state index < -0.39 is 37.2 Å². The smallest absolute Gasteiger partial charge is 0.407 e. The fourth-order valence-corrected chi connectivity index (χ4v) is 4.99. The molecule has 13 heteroatoms. The number of carbonyl (C=O) groups is 4. The monoisotopic (exact) mass is 479 g/mol. The molecule has 4 N–H and O–H groups in total. The van der Waals surface area contributed by atoms with Crippen molar-refractivity contribution in [2.45, 2.75) is 46.3 Å². The molecular formula is C18H30N3O8PS. The number of rotatable bonds is 11. The van der Waals surface area contributed by atoms with Gasteiger partial charge in [0.1, 0.15) is 6.04 Å². The molecule has 1 aliphatic heterocycles. The molecule has 1 aliphatic rings. The molecule has 1 saturated heterocycles. The number of hydrogen-bond acceptors (Lipinski definition) is 8. The van der Waals surface area contributed by atoms with Crippen LogP contribution in [-0.4, -0.2) is 65.6 Å². The molecule has 31 heavy (non-hydrogen) atoms. The lowest BCUT2D eigenvalue weighted by atomic mass is 9.87. The summed E-state index contributed by atoms with van der Waals surface area (Å²) in [4.78, 5) is 46.7. The SMILES string of the molecule is C/C=C/C(=O)SCCNC(=O)CCNC(=O)[C@@H]1OP(=O)(N[C@@H](C)C(=O)O)OCC1(C)C. The second-order valence-corrected chi connectivity index (χ2v) is 10.3. The zero-order valence-electron chi connectivity index (χ0n) is 18.0. The van der Waals surface area contributed by atoms with E-state index in [1.165, 1.54) is 13.0 Å². The Labute approximate surface area is 185 Å². The molecule has 0 aromatic heterocycles. The minimum Gasteiger partial charge on any atom is -0.480 e. The molecule has 3 atom stereocenters. The minimum atomic E-state index is -4.00. The second-order valence-electron chi connectivity index (χ2n) is 7.49. The van der Waals surface area contributed by atoms with Crippen LogP contribution in [-0.2, 0) is 32.8 Å². The van der Waals surface area contributed by atoms with Crippen molar-refractivity contribution in [1.82, 2.24) is 15.7 Å². The third-order valence-electron chi connectivity index (χ3n) is 4.14. The molecule has 0 aliphatic carbocycles. The first-order valence-electron chi connectivity index (χ1n) is 9.67. The Kier molecular flexibility index (Phi) is 10.9. The van der Waals surface area contributed by atoms with Crippen molar-refractivity contribution in [3.63, 3.8) is 0 Å². The Morgan fingerprint density at radius 1 is 1.26 bits per heavy atom. The van der Waals surface area contributed by atoms with Gasteiger partial charge in [0.05, 0.1) is 6.61 Å². The van der Waals surface area contributed by atoms with Crippen molar-refractivity contribution in [1.29, 1.82) is 0 Å². The number of carbonyl (C=O) groups excluding carboxylic acids is 3. The Morgan fingerprint density at radius 2 is 1.94 bits per heavy atom. The lowest BCUT2D eigenvalue weighted by Gasteiger charge is -2.40. The summed E-state index contributed by atoms with van der Waals surface area (Å²) in [6, 6.07) is -1.20. The average Bonchev–Trinajstić information content (AvgIpc) is 2.67. The summed E-state index contributed by atoms with van der Waals surface area (Å²) in [6.45, 7) is 6.63. The van der Waals surface area contributed by atoms with Crippen LogP contribution in [0.2, 0.25) is 0 Å². The summed E-state index contributed by atoms with van der Waals surface area (Å²) in [6.07, 6.45) is 1.92. The number of amides is 2. The van der Waals surface area contributed by atoms with Gasteiger partial charge in [0.25, 0.3) is 0 Å². The Bertz CT molecular complexity index is 758. The van der Waals surface area contributed by atoms with Gasteiger partial charge in [-0.2, -0.15) is 0 Å². The van der Waals surface area contributed by atoms with Gasteiger partial charge < -0.3 is 15.7 Å². The van der Waals surface area contributed by atoms with Gasteiger partial charge in [-0.25, -0.2) is 9.65 Å². The minimum absolute atomic E-state index is 0.00875. The zero-order valence-corrected chi connectivity index (χ0v) is 19.7. The van der Waals surface area contributed by atoms with E-state index in [1.54, 1.807) is 26.8 Å². The van der Waals surface area contributed by atoms with Crippen molar-refractivity contribution in [3.8, 4) is 0 Å². The molecule has 1 rings (SSSR count). The third kappa shape index (κ3) is 9.53. The number of hydrogen-bond donors (Lipinski definition) is 4. The first-order valence-corrected chi connectivity index (χ1v) is 12.2. The van der Waals surface area contributed by atoms with Crippen LogP contribution in [0.25, 0.3) is 0 Å². The molecule has 0 spiro atoms. The van der Waals surface area contributed by atoms with E-state index >= 15 is 0 Å². The molecule has 0 radical (unpaired) electrons. The van der Waals surface area contributed by atoms with Gasteiger partial charge in [-0.05, 0) is 19.9 Å². The second kappa shape index (κ2) is 12.4. The first-order chi connectivity index (χ1) is 14.4. The predicted molar refractivity (Wildman–Crippen MR) is 115 cm³/mol. The van der Waals surface area contributed by atoms with Crippen LogP contribution in [0.3, 0.4) is 0 Å². The molecule has 11 nitrogen and oxygen atoms in total. The van der Waals surface area contributed by atoms with Crippen LogP contribution in [0, 0.1) is 5.41 Å². The number of allylic oxidation sites excluding steroid dienone is 1. The zero-order chi connectivity index (χ0) is 23.7. The normalized spacial score (nSPS) is 23.8. The van der Waals surface area contributed by atoms with E-state index in [4.69, 9.17) is 14.2 Å². The molecular weight excluding hydrogens is 449 g/mol. The van der Waals surface area contributed by atoms with Gasteiger partial charge in [-0.15, -0.1) is 0 Å². The summed E-state index contributed by atoms with van der Waals surface area (Å²) in [5, 5.41) is 16.4. The molecule has 1 unspecified atom stereocenters. The fraction of sp³-hybridized carbons (Fsp3) is 0.667. The van der Waals surface area contributed by atoms with Gasteiger partial charge in [0.15, 0.2) is 6.10 Å². The maximum atomic E-state index is 12.7. The fourth-order valence-electron chi connectivity index (χ4n) is 2.41. The van der Waals surface area contributed by atoms with Gasteiger partial charge in [0.2, 0.25) is 16.9 Å². The molecule has 176 valence electrons. The lowest BCUT2D eigenvalue weighted by molar-refractivity contribution is -0.140. The maximum Gasteiger partial charge on any atom is 0.407 e. The number of thioether (sulfide) groups is 1. The van der Waals surface area contributed by atoms with E-state index in [0.29, 0.717) is 12.3 Å². The first kappa shape index (κ1) is 27.3. The van der Waals surface area contributed by atoms with E-state index in [0.717, 1.165) is 11.8 Å². The molecule has 2 amide bonds. The third-order valence-corrected chi connectivity index (χ3v) is 6.63. The van der Waals surface area contributed by atoms with Crippen LogP contribution < -0.4 is 15.7 Å². The van der Waals surface area contributed by atoms with Crippen molar-refractivity contribution in [2.24, 2.45) is 5.41 Å². The highest BCUT2D eigenvalue weighted by Gasteiger charge is 2.48. The molecule has 1 fully saturated rings. The van der Waals surface area contributed by atoms with Gasteiger partial charge in [0, 0.05) is 30.7 Å². The van der Waals surface area contributed by atoms with Gasteiger partial charge >= 0.3 is 13.7 Å². The van der Waals surface area contributed by atoms with E-state index in [1.807, 2.05) is 0 Å². The quantitative estimate of drug-likeness (QED) is 0.192. The van der Waals surface area contributed by atoms with Crippen molar-refractivity contribution in [3.05, 3.63) is 12.2 Å². The van der Waals surface area contributed by atoms with Gasteiger partial charge in [-0.3, -0.25) is 28.2 Å². The highest BCUT2D eigenvalue weighted by atomic mass is 32.2. The highest BCUT2D eigenvalue weighted by Crippen LogP contribution is 2.53. The van der Waals surface area contributed by atoms with Crippen molar-refractivity contribution in [2.75, 3.05) is 25.4 Å². The standard InChI is InChI=1S/C18H30N3O8PS/c1-5-6-14(23)31-10-9-19-13(22)7-8-20-16(24)15-18(3,4)11-28-30(27,29-15)21-12(2)17(25)26/h5-6,12,15H,7-11H2,1-4H3,(H,19,22)(H,20,24)(H,21,27)(H,25,26)/b6-5+/t12-,15-,30?/m0/s1. The highest BCUT2D eigenvalue weighted by molar-refractivity contribution is 8.14. The Morgan fingerprint density at radius 3 is 2.55 bits per heavy atom. The summed E-state index contributed by atoms with van der Waals surface area (Å²) in [5.41, 5.74) is -0.828. The van der Waals surface area contributed by atoms with Crippen LogP contribution in [0.1, 0.15) is 34.1 Å². The molecule has 0 aromatic carbocycles. The molecule has 0 saturated carbocycles. The average molecular weight is 479 g/mol. The number of carboxylic acid groups (broad SMARTS) is 1. The number of aliphatic carboxylic acids is 1. The summed E-state index contributed by atoms with van der Waals surface area (Å²) >= 11 is 1.09. The van der Waals surface area contributed by atoms with Crippen LogP contribution in [0.4, 0.5) is 0 Å². The Balaban J connectivity index is 2.48. The summed E-state index contributed by atoms with van der Waals surface area (Å²) < 4.78 is 23.2. The van der Waals surface area contributed by atoms with Crippen LogP contribution in [0.5, 0.6) is 0 Å². The van der Waals surface area contributed by atoms with E-state index in [9.17, 15) is 23.7 Å². The maximum absolute atomic E-state index is 12.7. The Hall–Kier alpha value is -1.72. The van der Waals surface area contributed by atoms with Crippen LogP contribution in [0.15, 0.2) is 12.2 Å². The van der Waals surface area contributed by atoms with E-state index in [2.05, 4.69) is 15.7 Å². The van der Waals surface area contributed by atoms with Crippen molar-refractivity contribution >= 4 is 42.4 Å². The largest absolute Gasteiger partial charge is 0.480 e. The summed E-state index contributed by atoms with van der Waals surface area (Å²) in [5.74, 6) is -1.70. The molecule has 0 bridgehead atoms. The van der Waals surface area contributed by atoms with Crippen LogP contribution >= 0.6 is 19.5 Å². The van der Waals surface area contributed by atoms with E-state index in [-0.39, 0.29) is 30.6 Å². The lowest BCUT2D eigenvalue weighted by Crippen LogP contribution is -2.51. The predicted octanol–water partition coefficient (Wildman–Crippen LogP) is 1.06. The molecule has 0 aromatic rings. The van der Waals surface area contributed by atoms with Crippen molar-refractivity contribution < 1.29 is 37.9 Å². The topological polar surface area (TPSA) is 160 Å². The molecule has 1 heterocycles. The van der Waals surface area contributed by atoms with Gasteiger partial charge in [-0.1, -0.05) is 31.7 Å². The number of carboxylic acids is 1. The number of nitrogens with one attached hydrogen (secondary N) is 3. The summed E-state index contributed by atoms with van der Waals surface area (Å²) in [7, 11) is -4.00.